The Balaban J connectivity index is 2.31. The van der Waals surface area contributed by atoms with Crippen molar-refractivity contribution in [1.82, 2.24) is 5.32 Å². The van der Waals surface area contributed by atoms with Crippen LogP contribution in [-0.2, 0) is 4.74 Å². The van der Waals surface area contributed by atoms with Gasteiger partial charge in [0.05, 0.1) is 6.61 Å². The lowest BCUT2D eigenvalue weighted by Gasteiger charge is -2.23. The molecule has 2 heteroatoms. The molecular weight excluding hydrogens is 186 g/mol. The molecule has 0 amide bonds. The minimum atomic E-state index is 0.487. The molecule has 1 aliphatic carbocycles. The van der Waals surface area contributed by atoms with Crippen molar-refractivity contribution in [1.29, 1.82) is 0 Å². The predicted molar refractivity (Wildman–Crippen MR) is 65.1 cm³/mol. The van der Waals surface area contributed by atoms with Gasteiger partial charge in [-0.15, -0.1) is 0 Å². The number of rotatable bonds is 4. The normalized spacial score (nSPS) is 28.4. The Morgan fingerprint density at radius 2 is 2.07 bits per heavy atom. The second kappa shape index (κ2) is 5.86. The second-order valence-electron chi connectivity index (χ2n) is 5.82. The molecule has 2 nitrogen and oxygen atoms in total. The Morgan fingerprint density at radius 1 is 1.33 bits per heavy atom. The molecule has 1 fully saturated rings. The lowest BCUT2D eigenvalue weighted by Crippen LogP contribution is -2.38. The van der Waals surface area contributed by atoms with Crippen LogP contribution < -0.4 is 5.32 Å². The average Bonchev–Trinajstić information content (AvgIpc) is 2.28. The molecule has 0 aromatic rings. The van der Waals surface area contributed by atoms with E-state index in [1.807, 2.05) is 0 Å². The van der Waals surface area contributed by atoms with E-state index in [4.69, 9.17) is 4.74 Å². The molecular formula is C13H27NO. The molecule has 0 bridgehead atoms. The number of hydrogen-bond acceptors (Lipinski definition) is 2. The van der Waals surface area contributed by atoms with Gasteiger partial charge in [0.2, 0.25) is 0 Å². The minimum Gasteiger partial charge on any atom is -0.383 e. The molecule has 0 heterocycles. The smallest absolute Gasteiger partial charge is 0.0613 e. The predicted octanol–water partition coefficient (Wildman–Crippen LogP) is 2.97. The van der Waals surface area contributed by atoms with Crippen molar-refractivity contribution in [2.75, 3.05) is 13.7 Å². The quantitative estimate of drug-likeness (QED) is 0.725. The van der Waals surface area contributed by atoms with Gasteiger partial charge in [0.15, 0.2) is 0 Å². The van der Waals surface area contributed by atoms with Crippen LogP contribution in [0.3, 0.4) is 0 Å². The van der Waals surface area contributed by atoms with E-state index in [2.05, 4.69) is 26.1 Å². The van der Waals surface area contributed by atoms with Gasteiger partial charge >= 0.3 is 0 Å². The van der Waals surface area contributed by atoms with E-state index in [0.717, 1.165) is 6.61 Å². The highest BCUT2D eigenvalue weighted by Gasteiger charge is 2.24. The third-order valence-corrected chi connectivity index (χ3v) is 3.51. The molecule has 1 saturated carbocycles. The number of ether oxygens (including phenoxy) is 1. The van der Waals surface area contributed by atoms with Gasteiger partial charge in [0, 0.05) is 19.2 Å². The Labute approximate surface area is 94.8 Å². The zero-order valence-corrected chi connectivity index (χ0v) is 10.8. The van der Waals surface area contributed by atoms with E-state index >= 15 is 0 Å². The summed E-state index contributed by atoms with van der Waals surface area (Å²) in [4.78, 5) is 0. The van der Waals surface area contributed by atoms with Crippen molar-refractivity contribution >= 4 is 0 Å². The zero-order valence-electron chi connectivity index (χ0n) is 10.8. The number of methoxy groups -OCH3 is 1. The fraction of sp³-hybridized carbons (Fsp3) is 1.00. The topological polar surface area (TPSA) is 21.3 Å². The molecule has 0 spiro atoms. The second-order valence-corrected chi connectivity index (χ2v) is 5.82. The highest BCUT2D eigenvalue weighted by molar-refractivity contribution is 4.80. The summed E-state index contributed by atoms with van der Waals surface area (Å²) >= 11 is 0. The van der Waals surface area contributed by atoms with Crippen LogP contribution >= 0.6 is 0 Å². The standard InChI is InChI=1S/C13H27NO/c1-11(10-15-4)14-12-6-5-8-13(2,3)9-7-12/h11-12,14H,5-10H2,1-4H3. The summed E-state index contributed by atoms with van der Waals surface area (Å²) in [5, 5.41) is 3.67. The first-order valence-corrected chi connectivity index (χ1v) is 6.28. The van der Waals surface area contributed by atoms with Crippen LogP contribution in [0.4, 0.5) is 0 Å². The van der Waals surface area contributed by atoms with Crippen LogP contribution in [0.1, 0.15) is 52.9 Å². The SMILES string of the molecule is COCC(C)NC1CCCC(C)(C)CC1. The summed E-state index contributed by atoms with van der Waals surface area (Å²) in [6, 6.07) is 1.19. The first kappa shape index (κ1) is 13.0. The van der Waals surface area contributed by atoms with Crippen molar-refractivity contribution in [3.05, 3.63) is 0 Å². The highest BCUT2D eigenvalue weighted by Crippen LogP contribution is 2.33. The van der Waals surface area contributed by atoms with Gasteiger partial charge in [-0.05, 0) is 38.0 Å². The summed E-state index contributed by atoms with van der Waals surface area (Å²) < 4.78 is 5.15. The van der Waals surface area contributed by atoms with E-state index < -0.39 is 0 Å². The molecule has 1 N–H and O–H groups in total. The molecule has 0 aromatic heterocycles. The molecule has 90 valence electrons. The van der Waals surface area contributed by atoms with Crippen molar-refractivity contribution in [3.8, 4) is 0 Å². The minimum absolute atomic E-state index is 0.487. The third kappa shape index (κ3) is 4.98. The number of hydrogen-bond donors (Lipinski definition) is 1. The first-order chi connectivity index (χ1) is 7.03. The molecule has 0 aliphatic heterocycles. The van der Waals surface area contributed by atoms with Gasteiger partial charge in [-0.25, -0.2) is 0 Å². The van der Waals surface area contributed by atoms with Crippen LogP contribution in [0, 0.1) is 5.41 Å². The van der Waals surface area contributed by atoms with Gasteiger partial charge in [-0.3, -0.25) is 0 Å². The lowest BCUT2D eigenvalue weighted by molar-refractivity contribution is 0.164. The lowest BCUT2D eigenvalue weighted by atomic mass is 9.85. The van der Waals surface area contributed by atoms with Crippen LogP contribution in [0.5, 0.6) is 0 Å². The molecule has 0 radical (unpaired) electrons. The maximum Gasteiger partial charge on any atom is 0.0613 e. The van der Waals surface area contributed by atoms with E-state index in [1.54, 1.807) is 7.11 Å². The van der Waals surface area contributed by atoms with Gasteiger partial charge in [0.1, 0.15) is 0 Å². The maximum atomic E-state index is 5.15. The summed E-state index contributed by atoms with van der Waals surface area (Å²) in [6.07, 6.45) is 6.75. The largest absolute Gasteiger partial charge is 0.383 e. The summed E-state index contributed by atoms with van der Waals surface area (Å²) in [6.45, 7) is 7.82. The Kier molecular flexibility index (Phi) is 5.07. The van der Waals surface area contributed by atoms with Crippen LogP contribution in [0.25, 0.3) is 0 Å². The zero-order chi connectivity index (χ0) is 11.3. The van der Waals surface area contributed by atoms with E-state index in [0.29, 0.717) is 17.5 Å². The van der Waals surface area contributed by atoms with Crippen LogP contribution in [0.15, 0.2) is 0 Å². The fourth-order valence-corrected chi connectivity index (χ4v) is 2.53. The maximum absolute atomic E-state index is 5.15. The van der Waals surface area contributed by atoms with Crippen LogP contribution in [0.2, 0.25) is 0 Å². The Hall–Kier alpha value is -0.0800. The van der Waals surface area contributed by atoms with E-state index in [1.165, 1.54) is 32.1 Å². The van der Waals surface area contributed by atoms with Crippen molar-refractivity contribution in [2.24, 2.45) is 5.41 Å². The summed E-state index contributed by atoms with van der Waals surface area (Å²) in [5.74, 6) is 0. The molecule has 15 heavy (non-hydrogen) atoms. The summed E-state index contributed by atoms with van der Waals surface area (Å²) in [5.41, 5.74) is 0.556. The van der Waals surface area contributed by atoms with Crippen molar-refractivity contribution in [3.63, 3.8) is 0 Å². The first-order valence-electron chi connectivity index (χ1n) is 6.28. The molecule has 2 unspecified atom stereocenters. The van der Waals surface area contributed by atoms with Gasteiger partial charge < -0.3 is 10.1 Å². The van der Waals surface area contributed by atoms with Gasteiger partial charge in [-0.2, -0.15) is 0 Å². The monoisotopic (exact) mass is 213 g/mol. The highest BCUT2D eigenvalue weighted by atomic mass is 16.5. The molecule has 1 aliphatic rings. The summed E-state index contributed by atoms with van der Waals surface area (Å²) in [7, 11) is 1.77. The van der Waals surface area contributed by atoms with Crippen molar-refractivity contribution < 1.29 is 4.74 Å². The molecule has 0 aromatic carbocycles. The molecule has 2 atom stereocenters. The Morgan fingerprint density at radius 3 is 2.73 bits per heavy atom. The van der Waals surface area contributed by atoms with Gasteiger partial charge in [0.25, 0.3) is 0 Å². The van der Waals surface area contributed by atoms with Crippen molar-refractivity contribution in [2.45, 2.75) is 65.0 Å². The van der Waals surface area contributed by atoms with E-state index in [-0.39, 0.29) is 0 Å². The van der Waals surface area contributed by atoms with Gasteiger partial charge in [-0.1, -0.05) is 20.3 Å². The van der Waals surface area contributed by atoms with Crippen LogP contribution in [-0.4, -0.2) is 25.8 Å². The fourth-order valence-electron chi connectivity index (χ4n) is 2.53. The third-order valence-electron chi connectivity index (χ3n) is 3.51. The molecule has 1 rings (SSSR count). The molecule has 0 saturated heterocycles. The van der Waals surface area contributed by atoms with E-state index in [9.17, 15) is 0 Å². The Bertz CT molecular complexity index is 179. The number of nitrogens with one attached hydrogen (secondary N) is 1. The average molecular weight is 213 g/mol.